The van der Waals surface area contributed by atoms with Gasteiger partial charge in [0.15, 0.2) is 0 Å². The average molecular weight is 284 g/mol. The highest BCUT2D eigenvalue weighted by atomic mass is 19.4. The number of anilines is 1. The van der Waals surface area contributed by atoms with E-state index in [0.29, 0.717) is 18.5 Å². The standard InChI is InChI=1S/C14H15F3N2O/c15-14(16,17)13-7-11(2-1-9(13)8-18)19-10-3-5-12(20)6-4-10/h1-2,7,10,12,19-20H,3-6H2. The molecule has 0 spiro atoms. The smallest absolute Gasteiger partial charge is 0.393 e. The van der Waals surface area contributed by atoms with Gasteiger partial charge in [0.05, 0.1) is 23.3 Å². The molecule has 0 radical (unpaired) electrons. The fraction of sp³-hybridized carbons (Fsp3) is 0.500. The average Bonchev–Trinajstić information content (AvgIpc) is 2.40. The Hall–Kier alpha value is -1.74. The molecule has 0 heterocycles. The molecule has 20 heavy (non-hydrogen) atoms. The van der Waals surface area contributed by atoms with E-state index in [1.165, 1.54) is 12.1 Å². The second-order valence-corrected chi connectivity index (χ2v) is 5.02. The lowest BCUT2D eigenvalue weighted by atomic mass is 9.93. The maximum atomic E-state index is 12.8. The minimum atomic E-state index is -4.54. The van der Waals surface area contributed by atoms with E-state index in [4.69, 9.17) is 5.26 Å². The molecule has 108 valence electrons. The van der Waals surface area contributed by atoms with Crippen LogP contribution in [0.3, 0.4) is 0 Å². The second-order valence-electron chi connectivity index (χ2n) is 5.02. The normalized spacial score (nSPS) is 23.1. The Morgan fingerprint density at radius 2 is 1.85 bits per heavy atom. The lowest BCUT2D eigenvalue weighted by Crippen LogP contribution is -2.28. The largest absolute Gasteiger partial charge is 0.417 e. The molecule has 1 aromatic carbocycles. The molecule has 1 saturated carbocycles. The monoisotopic (exact) mass is 284 g/mol. The molecule has 0 amide bonds. The van der Waals surface area contributed by atoms with Gasteiger partial charge in [-0.1, -0.05) is 0 Å². The number of hydrogen-bond donors (Lipinski definition) is 2. The first-order chi connectivity index (χ1) is 9.40. The SMILES string of the molecule is N#Cc1ccc(NC2CCC(O)CC2)cc1C(F)(F)F. The number of nitrogens with zero attached hydrogens (tertiary/aromatic N) is 1. The molecule has 1 aliphatic rings. The molecule has 0 atom stereocenters. The Kier molecular flexibility index (Phi) is 4.19. The first-order valence-corrected chi connectivity index (χ1v) is 6.46. The molecule has 1 aliphatic carbocycles. The summed E-state index contributed by atoms with van der Waals surface area (Å²) >= 11 is 0. The fourth-order valence-electron chi connectivity index (χ4n) is 2.42. The number of aliphatic hydroxyl groups is 1. The number of alkyl halides is 3. The van der Waals surface area contributed by atoms with Crippen LogP contribution in [0.5, 0.6) is 0 Å². The molecule has 0 aromatic heterocycles. The Morgan fingerprint density at radius 1 is 1.20 bits per heavy atom. The van der Waals surface area contributed by atoms with Crippen LogP contribution in [0.1, 0.15) is 36.8 Å². The van der Waals surface area contributed by atoms with Gasteiger partial charge in [-0.25, -0.2) is 0 Å². The van der Waals surface area contributed by atoms with Crippen molar-refractivity contribution in [1.29, 1.82) is 5.26 Å². The van der Waals surface area contributed by atoms with Crippen molar-refractivity contribution in [2.45, 2.75) is 44.0 Å². The number of nitriles is 1. The third-order valence-corrected chi connectivity index (χ3v) is 3.51. The summed E-state index contributed by atoms with van der Waals surface area (Å²) in [7, 11) is 0. The van der Waals surface area contributed by atoms with E-state index in [1.807, 2.05) is 0 Å². The molecule has 6 heteroatoms. The van der Waals surface area contributed by atoms with E-state index in [1.54, 1.807) is 6.07 Å². The minimum Gasteiger partial charge on any atom is -0.393 e. The Labute approximate surface area is 115 Å². The second kappa shape index (κ2) is 5.71. The van der Waals surface area contributed by atoms with Crippen molar-refractivity contribution >= 4 is 5.69 Å². The molecule has 2 N–H and O–H groups in total. The van der Waals surface area contributed by atoms with Crippen molar-refractivity contribution in [3.05, 3.63) is 29.3 Å². The predicted octanol–water partition coefficient (Wildman–Crippen LogP) is 3.29. The Balaban J connectivity index is 2.15. The third kappa shape index (κ3) is 3.42. The molecule has 0 bridgehead atoms. The quantitative estimate of drug-likeness (QED) is 0.876. The van der Waals surface area contributed by atoms with Crippen LogP contribution in [0.15, 0.2) is 18.2 Å². The minimum absolute atomic E-state index is 0.0624. The van der Waals surface area contributed by atoms with Crippen molar-refractivity contribution in [1.82, 2.24) is 0 Å². The van der Waals surface area contributed by atoms with E-state index in [-0.39, 0.29) is 17.7 Å². The van der Waals surface area contributed by atoms with Crippen LogP contribution in [0.25, 0.3) is 0 Å². The molecule has 0 saturated heterocycles. The molecule has 1 aromatic rings. The zero-order valence-electron chi connectivity index (χ0n) is 10.7. The van der Waals surface area contributed by atoms with E-state index in [2.05, 4.69) is 5.32 Å². The zero-order valence-corrected chi connectivity index (χ0v) is 10.7. The van der Waals surface area contributed by atoms with Crippen LogP contribution in [0.4, 0.5) is 18.9 Å². The topological polar surface area (TPSA) is 56.0 Å². The van der Waals surface area contributed by atoms with Crippen LogP contribution in [-0.2, 0) is 6.18 Å². The molecular formula is C14H15F3N2O. The highest BCUT2D eigenvalue weighted by Crippen LogP contribution is 2.34. The maximum absolute atomic E-state index is 12.8. The summed E-state index contributed by atoms with van der Waals surface area (Å²) in [5, 5.41) is 21.2. The highest BCUT2D eigenvalue weighted by Gasteiger charge is 2.34. The molecule has 0 unspecified atom stereocenters. The summed E-state index contributed by atoms with van der Waals surface area (Å²) in [5.41, 5.74) is -0.930. The maximum Gasteiger partial charge on any atom is 0.417 e. The lowest BCUT2D eigenvalue weighted by molar-refractivity contribution is -0.137. The number of hydrogen-bond acceptors (Lipinski definition) is 3. The van der Waals surface area contributed by atoms with Crippen molar-refractivity contribution in [2.75, 3.05) is 5.32 Å². The molecular weight excluding hydrogens is 269 g/mol. The molecule has 2 rings (SSSR count). The summed E-state index contributed by atoms with van der Waals surface area (Å²) < 4.78 is 38.5. The van der Waals surface area contributed by atoms with E-state index in [9.17, 15) is 18.3 Å². The number of halogens is 3. The van der Waals surface area contributed by atoms with Crippen LogP contribution in [0, 0.1) is 11.3 Å². The number of aliphatic hydroxyl groups excluding tert-OH is 1. The molecule has 3 nitrogen and oxygen atoms in total. The number of benzene rings is 1. The van der Waals surface area contributed by atoms with Crippen LogP contribution >= 0.6 is 0 Å². The van der Waals surface area contributed by atoms with Gasteiger partial charge in [0.25, 0.3) is 0 Å². The first-order valence-electron chi connectivity index (χ1n) is 6.46. The van der Waals surface area contributed by atoms with Crippen LogP contribution in [0.2, 0.25) is 0 Å². The van der Waals surface area contributed by atoms with Gasteiger partial charge in [0, 0.05) is 11.7 Å². The van der Waals surface area contributed by atoms with Gasteiger partial charge >= 0.3 is 6.18 Å². The van der Waals surface area contributed by atoms with Crippen molar-refractivity contribution in [3.63, 3.8) is 0 Å². The van der Waals surface area contributed by atoms with Gasteiger partial charge in [-0.05, 0) is 43.9 Å². The fourth-order valence-corrected chi connectivity index (χ4v) is 2.42. The lowest BCUT2D eigenvalue weighted by Gasteiger charge is -2.27. The summed E-state index contributed by atoms with van der Waals surface area (Å²) in [6.07, 6.45) is -2.09. The zero-order chi connectivity index (χ0) is 14.8. The third-order valence-electron chi connectivity index (χ3n) is 3.51. The highest BCUT2D eigenvalue weighted by molar-refractivity contribution is 5.53. The first kappa shape index (κ1) is 14.7. The van der Waals surface area contributed by atoms with Gasteiger partial charge < -0.3 is 10.4 Å². The van der Waals surface area contributed by atoms with Gasteiger partial charge in [0.2, 0.25) is 0 Å². The van der Waals surface area contributed by atoms with E-state index >= 15 is 0 Å². The van der Waals surface area contributed by atoms with E-state index < -0.39 is 11.7 Å². The molecule has 0 aliphatic heterocycles. The summed E-state index contributed by atoms with van der Waals surface area (Å²) in [5.74, 6) is 0. The van der Waals surface area contributed by atoms with Gasteiger partial charge in [-0.15, -0.1) is 0 Å². The summed E-state index contributed by atoms with van der Waals surface area (Å²) in [4.78, 5) is 0. The number of rotatable bonds is 2. The van der Waals surface area contributed by atoms with Gasteiger partial charge in [0.1, 0.15) is 0 Å². The Morgan fingerprint density at radius 3 is 2.40 bits per heavy atom. The van der Waals surface area contributed by atoms with Crippen LogP contribution in [-0.4, -0.2) is 17.3 Å². The summed E-state index contributed by atoms with van der Waals surface area (Å²) in [6.45, 7) is 0. The van der Waals surface area contributed by atoms with Crippen molar-refractivity contribution in [3.8, 4) is 6.07 Å². The van der Waals surface area contributed by atoms with Crippen molar-refractivity contribution in [2.24, 2.45) is 0 Å². The predicted molar refractivity (Wildman–Crippen MR) is 68.0 cm³/mol. The molecule has 1 fully saturated rings. The number of nitrogens with one attached hydrogen (secondary N) is 1. The van der Waals surface area contributed by atoms with Gasteiger partial charge in [-0.2, -0.15) is 18.4 Å². The van der Waals surface area contributed by atoms with Crippen LogP contribution < -0.4 is 5.32 Å². The van der Waals surface area contributed by atoms with Crippen molar-refractivity contribution < 1.29 is 18.3 Å². The summed E-state index contributed by atoms with van der Waals surface area (Å²) in [6, 6.07) is 5.26. The van der Waals surface area contributed by atoms with E-state index in [0.717, 1.165) is 18.9 Å². The Bertz CT molecular complexity index is 514. The van der Waals surface area contributed by atoms with Gasteiger partial charge in [-0.3, -0.25) is 0 Å².